The van der Waals surface area contributed by atoms with Crippen molar-refractivity contribution in [2.45, 2.75) is 23.5 Å². The van der Waals surface area contributed by atoms with E-state index in [1.165, 1.54) is 11.8 Å². The van der Waals surface area contributed by atoms with E-state index in [9.17, 15) is 4.79 Å². The Morgan fingerprint density at radius 3 is 2.79 bits per heavy atom. The van der Waals surface area contributed by atoms with Crippen molar-refractivity contribution in [1.29, 1.82) is 0 Å². The van der Waals surface area contributed by atoms with E-state index in [1.54, 1.807) is 11.8 Å². The van der Waals surface area contributed by atoms with Gasteiger partial charge in [0.15, 0.2) is 11.0 Å². The van der Waals surface area contributed by atoms with E-state index >= 15 is 0 Å². The molecule has 1 amide bonds. The Hall–Kier alpha value is -2.51. The van der Waals surface area contributed by atoms with Crippen LogP contribution in [0.4, 0.5) is 5.69 Å². The quantitative estimate of drug-likeness (QED) is 0.423. The number of benzene rings is 2. The van der Waals surface area contributed by atoms with Crippen LogP contribution in [-0.2, 0) is 11.3 Å². The average molecular weight is 411 g/mol. The van der Waals surface area contributed by atoms with Crippen molar-refractivity contribution in [3.63, 3.8) is 0 Å². The number of hydrogen-bond donors (Lipinski definition) is 1. The van der Waals surface area contributed by atoms with Crippen LogP contribution in [0.15, 0.2) is 71.2 Å². The molecule has 7 heteroatoms. The second-order valence-corrected chi connectivity index (χ2v) is 7.91. The highest BCUT2D eigenvalue weighted by Gasteiger charge is 2.16. The molecule has 0 aliphatic rings. The van der Waals surface area contributed by atoms with Gasteiger partial charge in [-0.3, -0.25) is 9.36 Å². The maximum absolute atomic E-state index is 12.4. The first-order chi connectivity index (χ1) is 13.6. The van der Waals surface area contributed by atoms with Gasteiger partial charge in [-0.25, -0.2) is 0 Å². The van der Waals surface area contributed by atoms with E-state index in [0.717, 1.165) is 27.5 Å². The molecule has 0 aliphatic heterocycles. The summed E-state index contributed by atoms with van der Waals surface area (Å²) < 4.78 is 1.99. The molecule has 1 N–H and O–H groups in total. The molecule has 1 heterocycles. The number of thioether (sulfide) groups is 2. The number of nitrogens with zero attached hydrogens (tertiary/aromatic N) is 3. The number of aromatic nitrogens is 3. The fourth-order valence-electron chi connectivity index (χ4n) is 2.74. The molecule has 0 saturated carbocycles. The van der Waals surface area contributed by atoms with E-state index < -0.39 is 0 Å². The van der Waals surface area contributed by atoms with Gasteiger partial charge in [-0.15, -0.1) is 28.5 Å². The predicted molar refractivity (Wildman–Crippen MR) is 118 cm³/mol. The lowest BCUT2D eigenvalue weighted by molar-refractivity contribution is -0.113. The molecule has 0 saturated heterocycles. The number of nitrogens with one attached hydrogen (secondary N) is 1. The number of allylic oxidation sites excluding steroid dienone is 1. The van der Waals surface area contributed by atoms with Gasteiger partial charge in [-0.05, 0) is 36.9 Å². The van der Waals surface area contributed by atoms with Gasteiger partial charge >= 0.3 is 0 Å². The van der Waals surface area contributed by atoms with Gasteiger partial charge < -0.3 is 5.32 Å². The molecule has 0 spiro atoms. The largest absolute Gasteiger partial charge is 0.325 e. The highest BCUT2D eigenvalue weighted by Crippen LogP contribution is 2.26. The van der Waals surface area contributed by atoms with Crippen molar-refractivity contribution >= 4 is 35.1 Å². The minimum absolute atomic E-state index is 0.0751. The van der Waals surface area contributed by atoms with Crippen LogP contribution in [0, 0.1) is 6.92 Å². The van der Waals surface area contributed by atoms with Gasteiger partial charge in [0, 0.05) is 22.7 Å². The standard InChI is InChI=1S/C21H22N4OS2/c1-4-12-25-20(18-11-6-5-8-15(18)2)23-24-21(25)28-14-19(26)22-16-9-7-10-17(13-16)27-3/h4-11,13H,1,12,14H2,2-3H3,(H,22,26). The summed E-state index contributed by atoms with van der Waals surface area (Å²) in [7, 11) is 0. The van der Waals surface area contributed by atoms with Crippen molar-refractivity contribution < 1.29 is 4.79 Å². The molecule has 0 atom stereocenters. The summed E-state index contributed by atoms with van der Waals surface area (Å²) in [5.41, 5.74) is 2.95. The monoisotopic (exact) mass is 410 g/mol. The zero-order chi connectivity index (χ0) is 19.9. The minimum Gasteiger partial charge on any atom is -0.325 e. The molecule has 0 aliphatic carbocycles. The maximum Gasteiger partial charge on any atom is 0.234 e. The van der Waals surface area contributed by atoms with Gasteiger partial charge in [0.1, 0.15) is 0 Å². The molecule has 1 aromatic heterocycles. The summed E-state index contributed by atoms with van der Waals surface area (Å²) in [4.78, 5) is 13.5. The summed E-state index contributed by atoms with van der Waals surface area (Å²) in [6, 6.07) is 15.9. The van der Waals surface area contributed by atoms with E-state index in [4.69, 9.17) is 0 Å². The second kappa shape index (κ2) is 9.61. The summed E-state index contributed by atoms with van der Waals surface area (Å²) >= 11 is 3.01. The summed E-state index contributed by atoms with van der Waals surface area (Å²) in [6.45, 7) is 6.46. The van der Waals surface area contributed by atoms with E-state index in [2.05, 4.69) is 22.1 Å². The molecule has 0 unspecified atom stereocenters. The Labute approximate surface area is 173 Å². The molecular formula is C21H22N4OS2. The van der Waals surface area contributed by atoms with Crippen LogP contribution in [0.2, 0.25) is 0 Å². The molecule has 0 bridgehead atoms. The van der Waals surface area contributed by atoms with Crippen LogP contribution in [0.1, 0.15) is 5.56 Å². The fourth-order valence-corrected chi connectivity index (χ4v) is 3.95. The molecule has 0 radical (unpaired) electrons. The SMILES string of the molecule is C=CCn1c(SCC(=O)Nc2cccc(SC)c2)nnc1-c1ccccc1C. The lowest BCUT2D eigenvalue weighted by atomic mass is 10.1. The summed E-state index contributed by atoms with van der Waals surface area (Å²) in [5, 5.41) is 12.3. The molecule has 0 fully saturated rings. The number of rotatable bonds is 8. The Balaban J connectivity index is 1.72. The number of carbonyl (C=O) groups excluding carboxylic acids is 1. The van der Waals surface area contributed by atoms with Crippen LogP contribution in [0.25, 0.3) is 11.4 Å². The van der Waals surface area contributed by atoms with Crippen LogP contribution in [0.5, 0.6) is 0 Å². The van der Waals surface area contributed by atoms with Gasteiger partial charge in [0.05, 0.1) is 5.75 Å². The Morgan fingerprint density at radius 1 is 1.21 bits per heavy atom. The van der Waals surface area contributed by atoms with Crippen LogP contribution in [-0.4, -0.2) is 32.7 Å². The summed E-state index contributed by atoms with van der Waals surface area (Å²) in [5.74, 6) is 0.967. The van der Waals surface area contributed by atoms with Gasteiger partial charge in [-0.1, -0.05) is 48.2 Å². The maximum atomic E-state index is 12.4. The molecule has 144 valence electrons. The summed E-state index contributed by atoms with van der Waals surface area (Å²) in [6.07, 6.45) is 3.82. The molecule has 28 heavy (non-hydrogen) atoms. The number of aryl methyl sites for hydroxylation is 1. The van der Waals surface area contributed by atoms with Gasteiger partial charge in [-0.2, -0.15) is 0 Å². The third kappa shape index (κ3) is 4.85. The Kier molecular flexibility index (Phi) is 6.95. The minimum atomic E-state index is -0.0751. The van der Waals surface area contributed by atoms with Crippen LogP contribution < -0.4 is 5.32 Å². The Morgan fingerprint density at radius 2 is 2.04 bits per heavy atom. The zero-order valence-electron chi connectivity index (χ0n) is 15.9. The first kappa shape index (κ1) is 20.2. The lowest BCUT2D eigenvalue weighted by Crippen LogP contribution is -2.14. The van der Waals surface area contributed by atoms with Crippen LogP contribution in [0.3, 0.4) is 0 Å². The number of hydrogen-bond acceptors (Lipinski definition) is 5. The Bertz CT molecular complexity index is 984. The van der Waals surface area contributed by atoms with Crippen molar-refractivity contribution in [1.82, 2.24) is 14.8 Å². The van der Waals surface area contributed by atoms with E-state index in [0.29, 0.717) is 11.7 Å². The fraction of sp³-hybridized carbons (Fsp3) is 0.190. The number of amides is 1. The molecule has 3 rings (SSSR count). The first-order valence-electron chi connectivity index (χ1n) is 8.79. The van der Waals surface area contributed by atoms with Crippen molar-refractivity contribution in [3.05, 3.63) is 66.7 Å². The van der Waals surface area contributed by atoms with Crippen LogP contribution >= 0.6 is 23.5 Å². The highest BCUT2D eigenvalue weighted by molar-refractivity contribution is 7.99. The average Bonchev–Trinajstić information content (AvgIpc) is 3.09. The smallest absolute Gasteiger partial charge is 0.234 e. The third-order valence-corrected chi connectivity index (χ3v) is 5.79. The van der Waals surface area contributed by atoms with E-state index in [1.807, 2.05) is 72.4 Å². The highest BCUT2D eigenvalue weighted by atomic mass is 32.2. The zero-order valence-corrected chi connectivity index (χ0v) is 17.5. The van der Waals surface area contributed by atoms with Crippen molar-refractivity contribution in [2.24, 2.45) is 0 Å². The lowest BCUT2D eigenvalue weighted by Gasteiger charge is -2.10. The topological polar surface area (TPSA) is 59.8 Å². The molecule has 3 aromatic rings. The number of anilines is 1. The molecule has 5 nitrogen and oxygen atoms in total. The van der Waals surface area contributed by atoms with Gasteiger partial charge in [0.2, 0.25) is 5.91 Å². The van der Waals surface area contributed by atoms with Crippen molar-refractivity contribution in [3.8, 4) is 11.4 Å². The second-order valence-electron chi connectivity index (χ2n) is 6.09. The number of carbonyl (C=O) groups is 1. The molecular weight excluding hydrogens is 388 g/mol. The van der Waals surface area contributed by atoms with Crippen molar-refractivity contribution in [2.75, 3.05) is 17.3 Å². The third-order valence-electron chi connectivity index (χ3n) is 4.10. The van der Waals surface area contributed by atoms with E-state index in [-0.39, 0.29) is 11.7 Å². The first-order valence-corrected chi connectivity index (χ1v) is 11.0. The normalized spacial score (nSPS) is 10.6. The van der Waals surface area contributed by atoms with Gasteiger partial charge in [0.25, 0.3) is 0 Å². The molecule has 2 aromatic carbocycles. The predicted octanol–water partition coefficient (Wildman–Crippen LogP) is 4.89.